The van der Waals surface area contributed by atoms with E-state index in [9.17, 15) is 0 Å². The van der Waals surface area contributed by atoms with Crippen molar-refractivity contribution in [3.63, 3.8) is 0 Å². The highest BCUT2D eigenvalue weighted by atomic mass is 14.9. The number of fused-ring (bicyclic) bond motifs is 1. The second-order valence-electron chi connectivity index (χ2n) is 5.04. The zero-order chi connectivity index (χ0) is 13.8. The quantitative estimate of drug-likeness (QED) is 0.852. The molecule has 1 aromatic carbocycles. The molecule has 2 rings (SSSR count). The van der Waals surface area contributed by atoms with Crippen LogP contribution in [0.4, 0.5) is 5.69 Å². The van der Waals surface area contributed by atoms with E-state index in [0.717, 1.165) is 31.3 Å². The maximum absolute atomic E-state index is 4.80. The third-order valence-electron chi connectivity index (χ3n) is 3.69. The number of rotatable bonds is 5. The smallest absolute Gasteiger partial charge is 0.0726 e. The van der Waals surface area contributed by atoms with Gasteiger partial charge in [-0.3, -0.25) is 4.98 Å². The molecule has 102 valence electrons. The third kappa shape index (κ3) is 2.73. The Hall–Kier alpha value is -1.57. The maximum atomic E-state index is 4.80. The first-order valence-electron chi connectivity index (χ1n) is 7.37. The lowest BCUT2D eigenvalue weighted by atomic mass is 10.0. The molecule has 0 radical (unpaired) electrons. The minimum absolute atomic E-state index is 0.984. The van der Waals surface area contributed by atoms with E-state index in [-0.39, 0.29) is 0 Å². The van der Waals surface area contributed by atoms with Gasteiger partial charge in [-0.15, -0.1) is 0 Å². The van der Waals surface area contributed by atoms with Crippen LogP contribution in [0, 0.1) is 6.92 Å². The van der Waals surface area contributed by atoms with Crippen molar-refractivity contribution in [1.82, 2.24) is 4.98 Å². The highest BCUT2D eigenvalue weighted by molar-refractivity contribution is 5.93. The first-order chi connectivity index (χ1) is 9.21. The lowest BCUT2D eigenvalue weighted by Crippen LogP contribution is -2.06. The van der Waals surface area contributed by atoms with Crippen LogP contribution in [0.5, 0.6) is 0 Å². The normalized spacial score (nSPS) is 10.9. The van der Waals surface area contributed by atoms with Crippen LogP contribution in [0.25, 0.3) is 10.9 Å². The van der Waals surface area contributed by atoms with E-state index in [1.807, 2.05) is 0 Å². The van der Waals surface area contributed by atoms with Crippen LogP contribution in [-0.2, 0) is 12.8 Å². The van der Waals surface area contributed by atoms with Crippen molar-refractivity contribution < 1.29 is 0 Å². The molecule has 0 amide bonds. The molecule has 1 aromatic heterocycles. The van der Waals surface area contributed by atoms with E-state index in [4.69, 9.17) is 4.98 Å². The summed E-state index contributed by atoms with van der Waals surface area (Å²) in [6.07, 6.45) is 3.19. The minimum Gasteiger partial charge on any atom is -0.384 e. The number of hydrogen-bond donors (Lipinski definition) is 1. The standard InChI is InChI=1S/C17H24N2/c1-5-10-18-17-12(4)15(7-3)19-16-9-8-13(6-2)11-14(16)17/h8-9,11H,5-7,10H2,1-4H3,(H,18,19). The monoisotopic (exact) mass is 256 g/mol. The van der Waals surface area contributed by atoms with Crippen molar-refractivity contribution in [3.05, 3.63) is 35.0 Å². The number of hydrogen-bond acceptors (Lipinski definition) is 2. The highest BCUT2D eigenvalue weighted by Gasteiger charge is 2.10. The van der Waals surface area contributed by atoms with E-state index in [1.54, 1.807) is 0 Å². The van der Waals surface area contributed by atoms with Gasteiger partial charge in [0, 0.05) is 23.3 Å². The first-order valence-corrected chi connectivity index (χ1v) is 7.37. The van der Waals surface area contributed by atoms with Crippen LogP contribution < -0.4 is 5.32 Å². The second kappa shape index (κ2) is 6.05. The number of nitrogens with zero attached hydrogens (tertiary/aromatic N) is 1. The highest BCUT2D eigenvalue weighted by Crippen LogP contribution is 2.29. The fourth-order valence-corrected chi connectivity index (χ4v) is 2.50. The Balaban J connectivity index is 2.65. The molecular weight excluding hydrogens is 232 g/mol. The summed E-state index contributed by atoms with van der Waals surface area (Å²) in [6.45, 7) is 9.76. The van der Waals surface area contributed by atoms with Crippen molar-refractivity contribution >= 4 is 16.6 Å². The summed E-state index contributed by atoms with van der Waals surface area (Å²) in [7, 11) is 0. The molecule has 1 N–H and O–H groups in total. The molecule has 0 spiro atoms. The summed E-state index contributed by atoms with van der Waals surface area (Å²) in [5.74, 6) is 0. The average Bonchev–Trinajstić information content (AvgIpc) is 2.45. The molecule has 0 aliphatic carbocycles. The van der Waals surface area contributed by atoms with Crippen LogP contribution in [0.15, 0.2) is 18.2 Å². The van der Waals surface area contributed by atoms with E-state index in [0.29, 0.717) is 0 Å². The zero-order valence-corrected chi connectivity index (χ0v) is 12.5. The molecule has 2 heteroatoms. The Morgan fingerprint density at radius 3 is 2.53 bits per heavy atom. The van der Waals surface area contributed by atoms with Gasteiger partial charge in [-0.1, -0.05) is 26.8 Å². The molecule has 0 atom stereocenters. The topological polar surface area (TPSA) is 24.9 Å². The zero-order valence-electron chi connectivity index (χ0n) is 12.5. The summed E-state index contributed by atoms with van der Waals surface area (Å²) >= 11 is 0. The summed E-state index contributed by atoms with van der Waals surface area (Å²) in [5.41, 5.74) is 6.27. The number of pyridine rings is 1. The SMILES string of the molecule is CCCNc1c(C)c(CC)nc2ccc(CC)cc12. The lowest BCUT2D eigenvalue weighted by molar-refractivity contribution is 0.970. The van der Waals surface area contributed by atoms with Crippen LogP contribution >= 0.6 is 0 Å². The van der Waals surface area contributed by atoms with Crippen molar-refractivity contribution in [1.29, 1.82) is 0 Å². The van der Waals surface area contributed by atoms with Gasteiger partial charge in [-0.05, 0) is 49.4 Å². The fourth-order valence-electron chi connectivity index (χ4n) is 2.50. The Morgan fingerprint density at radius 1 is 1.11 bits per heavy atom. The molecule has 0 unspecified atom stereocenters. The number of aryl methyl sites for hydroxylation is 2. The fraction of sp³-hybridized carbons (Fsp3) is 0.471. The lowest BCUT2D eigenvalue weighted by Gasteiger charge is -2.16. The van der Waals surface area contributed by atoms with Crippen LogP contribution in [0.3, 0.4) is 0 Å². The van der Waals surface area contributed by atoms with E-state index in [2.05, 4.69) is 51.2 Å². The van der Waals surface area contributed by atoms with E-state index >= 15 is 0 Å². The molecule has 2 aromatic rings. The van der Waals surface area contributed by atoms with Crippen LogP contribution in [-0.4, -0.2) is 11.5 Å². The van der Waals surface area contributed by atoms with E-state index < -0.39 is 0 Å². The Morgan fingerprint density at radius 2 is 1.89 bits per heavy atom. The molecule has 2 nitrogen and oxygen atoms in total. The van der Waals surface area contributed by atoms with Crippen molar-refractivity contribution in [3.8, 4) is 0 Å². The number of aromatic nitrogens is 1. The summed E-state index contributed by atoms with van der Waals surface area (Å²) in [5, 5.41) is 4.86. The third-order valence-corrected chi connectivity index (χ3v) is 3.69. The van der Waals surface area contributed by atoms with Crippen molar-refractivity contribution in [2.75, 3.05) is 11.9 Å². The number of benzene rings is 1. The Bertz CT molecular complexity index is 573. The second-order valence-corrected chi connectivity index (χ2v) is 5.04. The maximum Gasteiger partial charge on any atom is 0.0726 e. The summed E-state index contributed by atoms with van der Waals surface area (Å²) in [4.78, 5) is 4.80. The Kier molecular flexibility index (Phi) is 4.41. The van der Waals surface area contributed by atoms with Crippen LogP contribution in [0.2, 0.25) is 0 Å². The molecule has 0 saturated carbocycles. The number of nitrogens with one attached hydrogen (secondary N) is 1. The molecule has 0 bridgehead atoms. The molecule has 0 saturated heterocycles. The molecule has 0 fully saturated rings. The molecule has 0 aliphatic rings. The van der Waals surface area contributed by atoms with Gasteiger partial charge in [-0.25, -0.2) is 0 Å². The molecule has 0 aliphatic heterocycles. The van der Waals surface area contributed by atoms with E-state index in [1.165, 1.54) is 27.9 Å². The predicted molar refractivity (Wildman–Crippen MR) is 84.0 cm³/mol. The molecule has 1 heterocycles. The van der Waals surface area contributed by atoms with Crippen molar-refractivity contribution in [2.45, 2.75) is 47.0 Å². The minimum atomic E-state index is 0.984. The number of anilines is 1. The van der Waals surface area contributed by atoms with Gasteiger partial charge in [0.1, 0.15) is 0 Å². The molecule has 19 heavy (non-hydrogen) atoms. The van der Waals surface area contributed by atoms with Crippen molar-refractivity contribution in [2.24, 2.45) is 0 Å². The van der Waals surface area contributed by atoms with Gasteiger partial charge in [0.2, 0.25) is 0 Å². The van der Waals surface area contributed by atoms with Gasteiger partial charge in [-0.2, -0.15) is 0 Å². The first kappa shape index (κ1) is 13.9. The Labute approximate surface area is 116 Å². The van der Waals surface area contributed by atoms with Gasteiger partial charge in [0.05, 0.1) is 5.52 Å². The molecular formula is C17H24N2. The average molecular weight is 256 g/mol. The van der Waals surface area contributed by atoms with Gasteiger partial charge >= 0.3 is 0 Å². The summed E-state index contributed by atoms with van der Waals surface area (Å²) < 4.78 is 0. The van der Waals surface area contributed by atoms with Gasteiger partial charge in [0.25, 0.3) is 0 Å². The van der Waals surface area contributed by atoms with Crippen LogP contribution in [0.1, 0.15) is 44.0 Å². The van der Waals surface area contributed by atoms with Gasteiger partial charge in [0.15, 0.2) is 0 Å². The summed E-state index contributed by atoms with van der Waals surface area (Å²) in [6, 6.07) is 6.63. The predicted octanol–water partition coefficient (Wildman–Crippen LogP) is 4.49. The largest absolute Gasteiger partial charge is 0.384 e. The van der Waals surface area contributed by atoms with Gasteiger partial charge < -0.3 is 5.32 Å².